The van der Waals surface area contributed by atoms with E-state index in [1.807, 2.05) is 21.0 Å². The highest BCUT2D eigenvalue weighted by Crippen LogP contribution is 2.59. The van der Waals surface area contributed by atoms with Crippen LogP contribution in [-0.2, 0) is 4.74 Å². The van der Waals surface area contributed by atoms with Gasteiger partial charge in [0.15, 0.2) is 0 Å². The molecule has 0 aromatic carbocycles. The van der Waals surface area contributed by atoms with E-state index in [2.05, 4.69) is 46.4 Å². The van der Waals surface area contributed by atoms with Crippen molar-refractivity contribution in [2.24, 2.45) is 29.1 Å². The van der Waals surface area contributed by atoms with Crippen LogP contribution < -0.4 is 0 Å². The summed E-state index contributed by atoms with van der Waals surface area (Å²) < 4.78 is 5.63. The minimum atomic E-state index is 0.379. The van der Waals surface area contributed by atoms with E-state index in [0.29, 0.717) is 11.5 Å². The van der Waals surface area contributed by atoms with Crippen molar-refractivity contribution in [1.29, 1.82) is 0 Å². The molecule has 5 atom stereocenters. The molecule has 0 radical (unpaired) electrons. The van der Waals surface area contributed by atoms with Gasteiger partial charge in [-0.2, -0.15) is 0 Å². The highest BCUT2D eigenvalue weighted by Gasteiger charge is 2.50. The lowest BCUT2D eigenvalue weighted by Gasteiger charge is -2.44. The lowest BCUT2D eigenvalue weighted by Crippen LogP contribution is -2.36. The molecule has 0 aromatic heterocycles. The van der Waals surface area contributed by atoms with Gasteiger partial charge in [0.2, 0.25) is 0 Å². The zero-order chi connectivity index (χ0) is 23.0. The third-order valence-corrected chi connectivity index (χ3v) is 8.67. The molecular formula is C30H52O. The Balaban J connectivity index is 0.00000166. The van der Waals surface area contributed by atoms with Crippen molar-refractivity contribution in [2.45, 2.75) is 118 Å². The molecule has 3 fully saturated rings. The molecule has 1 nitrogen and oxygen atoms in total. The Bertz CT molecular complexity index is 624. The third-order valence-electron chi connectivity index (χ3n) is 8.67. The van der Waals surface area contributed by atoms with Crippen LogP contribution in [0.1, 0.15) is 112 Å². The van der Waals surface area contributed by atoms with E-state index in [1.54, 1.807) is 5.57 Å². The summed E-state index contributed by atoms with van der Waals surface area (Å²) in [6.07, 6.45) is 19.7. The van der Waals surface area contributed by atoms with E-state index in [0.717, 1.165) is 42.9 Å². The zero-order valence-corrected chi connectivity index (χ0v) is 21.9. The SMILES string of the molecule is C=C1CC[C@H](OC)C/C1=C/C=C1\CCC[C@]2(C)C(C(C)CCCC(C)C)CC[C@@H]12.CC. The van der Waals surface area contributed by atoms with Crippen LogP contribution >= 0.6 is 0 Å². The van der Waals surface area contributed by atoms with Crippen LogP contribution in [0.2, 0.25) is 0 Å². The summed E-state index contributed by atoms with van der Waals surface area (Å²) in [5.41, 5.74) is 5.02. The first kappa shape index (κ1) is 26.4. The molecule has 3 rings (SSSR count). The van der Waals surface area contributed by atoms with Crippen LogP contribution in [0, 0.1) is 29.1 Å². The number of ether oxygens (including phenoxy) is 1. The molecule has 0 aromatic rings. The summed E-state index contributed by atoms with van der Waals surface area (Å²) in [4.78, 5) is 0. The summed E-state index contributed by atoms with van der Waals surface area (Å²) in [6, 6.07) is 0. The van der Waals surface area contributed by atoms with Crippen LogP contribution in [-0.4, -0.2) is 13.2 Å². The average molecular weight is 429 g/mol. The predicted molar refractivity (Wildman–Crippen MR) is 137 cm³/mol. The molecule has 178 valence electrons. The summed E-state index contributed by atoms with van der Waals surface area (Å²) >= 11 is 0. The Labute approximate surface area is 194 Å². The third kappa shape index (κ3) is 6.59. The van der Waals surface area contributed by atoms with E-state index >= 15 is 0 Å². The fraction of sp³-hybridized carbons (Fsp3) is 0.800. The molecule has 2 unspecified atom stereocenters. The van der Waals surface area contributed by atoms with Crippen LogP contribution in [0.3, 0.4) is 0 Å². The first-order chi connectivity index (χ1) is 14.8. The Morgan fingerprint density at radius 3 is 2.48 bits per heavy atom. The molecule has 1 heteroatoms. The lowest BCUT2D eigenvalue weighted by atomic mass is 9.60. The van der Waals surface area contributed by atoms with E-state index in [1.165, 1.54) is 62.5 Å². The number of hydrogen-bond donors (Lipinski definition) is 0. The van der Waals surface area contributed by atoms with Gasteiger partial charge in [-0.1, -0.05) is 90.7 Å². The predicted octanol–water partition coefficient (Wildman–Crippen LogP) is 9.30. The zero-order valence-electron chi connectivity index (χ0n) is 21.9. The number of fused-ring (bicyclic) bond motifs is 1. The Kier molecular flexibility index (Phi) is 10.6. The normalized spacial score (nSPS) is 34.6. The second kappa shape index (κ2) is 12.4. The van der Waals surface area contributed by atoms with Gasteiger partial charge < -0.3 is 4.74 Å². The highest BCUT2D eigenvalue weighted by molar-refractivity contribution is 5.36. The number of allylic oxidation sites excluding steroid dienone is 4. The van der Waals surface area contributed by atoms with E-state index in [9.17, 15) is 0 Å². The summed E-state index contributed by atoms with van der Waals surface area (Å²) in [5, 5.41) is 0. The van der Waals surface area contributed by atoms with Crippen LogP contribution in [0.15, 0.2) is 35.5 Å². The van der Waals surface area contributed by atoms with Gasteiger partial charge in [0.25, 0.3) is 0 Å². The first-order valence-corrected chi connectivity index (χ1v) is 13.5. The van der Waals surface area contributed by atoms with Crippen molar-refractivity contribution in [2.75, 3.05) is 7.11 Å². The summed E-state index contributed by atoms with van der Waals surface area (Å²) in [5.74, 6) is 3.44. The van der Waals surface area contributed by atoms with E-state index < -0.39 is 0 Å². The van der Waals surface area contributed by atoms with Crippen LogP contribution in [0.5, 0.6) is 0 Å². The quantitative estimate of drug-likeness (QED) is 0.392. The summed E-state index contributed by atoms with van der Waals surface area (Å²) in [6.45, 7) is 18.2. The number of hydrogen-bond acceptors (Lipinski definition) is 1. The largest absolute Gasteiger partial charge is 0.381 e. The van der Waals surface area contributed by atoms with Gasteiger partial charge in [-0.3, -0.25) is 0 Å². The molecule has 0 N–H and O–H groups in total. The van der Waals surface area contributed by atoms with Gasteiger partial charge in [-0.15, -0.1) is 0 Å². The molecule has 3 saturated carbocycles. The maximum absolute atomic E-state index is 5.63. The molecule has 31 heavy (non-hydrogen) atoms. The average Bonchev–Trinajstić information content (AvgIpc) is 3.12. The van der Waals surface area contributed by atoms with Crippen LogP contribution in [0.4, 0.5) is 0 Å². The first-order valence-electron chi connectivity index (χ1n) is 13.5. The number of rotatable bonds is 7. The van der Waals surface area contributed by atoms with Crippen molar-refractivity contribution in [3.8, 4) is 0 Å². The van der Waals surface area contributed by atoms with Gasteiger partial charge >= 0.3 is 0 Å². The number of methoxy groups -OCH3 is 1. The highest BCUT2D eigenvalue weighted by atomic mass is 16.5. The fourth-order valence-electron chi connectivity index (χ4n) is 6.85. The van der Waals surface area contributed by atoms with E-state index in [-0.39, 0.29) is 0 Å². The maximum atomic E-state index is 5.63. The van der Waals surface area contributed by atoms with Crippen molar-refractivity contribution in [1.82, 2.24) is 0 Å². The standard InChI is InChI=1S/C28H46O.C2H6/c1-20(2)9-7-10-22(4)26-16-17-27-23(11-8-18-28(26,27)5)13-14-24-19-25(29-6)15-12-21(24)3;1-2/h13-14,20,22,25-27H,3,7-12,15-19H2,1-2,4-6H3;1-2H3/b23-13+,24-14-;/t22?,25-,26?,27-,28+;/m0./s1. The Hall–Kier alpha value is -0.820. The van der Waals surface area contributed by atoms with Gasteiger partial charge in [0.1, 0.15) is 0 Å². The Morgan fingerprint density at radius 2 is 1.81 bits per heavy atom. The van der Waals surface area contributed by atoms with Crippen molar-refractivity contribution >= 4 is 0 Å². The monoisotopic (exact) mass is 428 g/mol. The maximum Gasteiger partial charge on any atom is 0.0614 e. The smallest absolute Gasteiger partial charge is 0.0614 e. The van der Waals surface area contributed by atoms with Gasteiger partial charge in [-0.25, -0.2) is 0 Å². The minimum Gasteiger partial charge on any atom is -0.381 e. The molecule has 0 spiro atoms. The van der Waals surface area contributed by atoms with Gasteiger partial charge in [0, 0.05) is 7.11 Å². The molecule has 0 aliphatic heterocycles. The molecule has 0 heterocycles. The molecule has 3 aliphatic carbocycles. The van der Waals surface area contributed by atoms with Gasteiger partial charge in [0.05, 0.1) is 6.10 Å². The van der Waals surface area contributed by atoms with Crippen molar-refractivity contribution in [3.63, 3.8) is 0 Å². The second-order valence-electron chi connectivity index (χ2n) is 11.0. The second-order valence-corrected chi connectivity index (χ2v) is 11.0. The van der Waals surface area contributed by atoms with Crippen molar-refractivity contribution < 1.29 is 4.74 Å². The molecule has 0 amide bonds. The van der Waals surface area contributed by atoms with E-state index in [4.69, 9.17) is 4.74 Å². The summed E-state index contributed by atoms with van der Waals surface area (Å²) in [7, 11) is 1.85. The van der Waals surface area contributed by atoms with Gasteiger partial charge in [-0.05, 0) is 86.0 Å². The van der Waals surface area contributed by atoms with Crippen LogP contribution in [0.25, 0.3) is 0 Å². The molecule has 0 saturated heterocycles. The molecular weight excluding hydrogens is 376 g/mol. The minimum absolute atomic E-state index is 0.379. The fourth-order valence-corrected chi connectivity index (χ4v) is 6.85. The topological polar surface area (TPSA) is 9.23 Å². The Morgan fingerprint density at radius 1 is 1.06 bits per heavy atom. The molecule has 0 bridgehead atoms. The van der Waals surface area contributed by atoms with Crippen molar-refractivity contribution in [3.05, 3.63) is 35.5 Å². The lowest BCUT2D eigenvalue weighted by molar-refractivity contribution is 0.0907. The molecule has 3 aliphatic rings.